The maximum atomic E-state index is 11.7. The number of hydrogen-bond acceptors (Lipinski definition) is 4. The van der Waals surface area contributed by atoms with Crippen molar-refractivity contribution in [2.75, 3.05) is 13.2 Å². The summed E-state index contributed by atoms with van der Waals surface area (Å²) in [6, 6.07) is 7.89. The summed E-state index contributed by atoms with van der Waals surface area (Å²) in [6.07, 6.45) is 1.77. The molecule has 0 aliphatic carbocycles. The molecule has 0 atom stereocenters. The number of para-hydroxylation sites is 1. The van der Waals surface area contributed by atoms with Gasteiger partial charge in [-0.2, -0.15) is 0 Å². The van der Waals surface area contributed by atoms with Crippen molar-refractivity contribution in [2.45, 2.75) is 6.92 Å². The van der Waals surface area contributed by atoms with Crippen molar-refractivity contribution in [3.05, 3.63) is 35.9 Å². The van der Waals surface area contributed by atoms with Crippen molar-refractivity contribution in [2.24, 2.45) is 9.98 Å². The highest BCUT2D eigenvalue weighted by Gasteiger charge is 2.25. The lowest BCUT2D eigenvalue weighted by Crippen LogP contribution is -2.21. The number of fused-ring (bicyclic) bond motifs is 3. The summed E-state index contributed by atoms with van der Waals surface area (Å²) in [7, 11) is 0. The maximum absolute atomic E-state index is 11.7. The van der Waals surface area contributed by atoms with Crippen LogP contribution in [0, 0.1) is 0 Å². The largest absolute Gasteiger partial charge is 0.461 e. The van der Waals surface area contributed by atoms with Crippen LogP contribution in [0.25, 0.3) is 5.57 Å². The molecule has 3 rings (SSSR count). The molecule has 0 N–H and O–H groups in total. The number of hydrogen-bond donors (Lipinski definition) is 0. The fourth-order valence-electron chi connectivity index (χ4n) is 2.11. The summed E-state index contributed by atoms with van der Waals surface area (Å²) in [4.78, 5) is 20.4. The van der Waals surface area contributed by atoms with Crippen LogP contribution in [-0.2, 0) is 9.53 Å². The van der Waals surface area contributed by atoms with Gasteiger partial charge in [-0.3, -0.25) is 9.98 Å². The molecule has 0 saturated carbocycles. The number of esters is 1. The molecule has 18 heavy (non-hydrogen) atoms. The lowest BCUT2D eigenvalue weighted by molar-refractivity contribution is -0.134. The summed E-state index contributed by atoms with van der Waals surface area (Å²) >= 11 is 0. The molecule has 2 heterocycles. The monoisotopic (exact) mass is 240 g/mol. The van der Waals surface area contributed by atoms with Crippen LogP contribution in [0.4, 0.5) is 5.69 Å². The third-order valence-electron chi connectivity index (χ3n) is 2.93. The minimum Gasteiger partial charge on any atom is -0.461 e. The minimum atomic E-state index is -0.367. The fourth-order valence-corrected chi connectivity index (χ4v) is 2.11. The number of rotatable bonds is 2. The van der Waals surface area contributed by atoms with E-state index in [2.05, 4.69) is 9.98 Å². The van der Waals surface area contributed by atoms with E-state index >= 15 is 0 Å². The molecule has 0 amide bonds. The van der Waals surface area contributed by atoms with Crippen molar-refractivity contribution in [1.29, 1.82) is 0 Å². The van der Waals surface area contributed by atoms with Gasteiger partial charge < -0.3 is 4.74 Å². The van der Waals surface area contributed by atoms with E-state index < -0.39 is 0 Å². The smallest absolute Gasteiger partial charge is 0.356 e. The van der Waals surface area contributed by atoms with E-state index in [4.69, 9.17) is 4.74 Å². The van der Waals surface area contributed by atoms with Gasteiger partial charge in [0.2, 0.25) is 0 Å². The zero-order chi connectivity index (χ0) is 12.5. The lowest BCUT2D eigenvalue weighted by Gasteiger charge is -2.10. The van der Waals surface area contributed by atoms with Crippen LogP contribution in [0.15, 0.2) is 40.3 Å². The van der Waals surface area contributed by atoms with Gasteiger partial charge in [-0.15, -0.1) is 0 Å². The van der Waals surface area contributed by atoms with E-state index in [-0.39, 0.29) is 5.97 Å². The molecule has 0 spiro atoms. The first-order valence-electron chi connectivity index (χ1n) is 5.90. The normalized spacial score (nSPS) is 16.2. The Balaban J connectivity index is 1.98. The number of nitrogens with zero attached hydrogens (tertiary/aromatic N) is 2. The Labute approximate surface area is 105 Å². The molecule has 0 fully saturated rings. The molecule has 4 heteroatoms. The number of aliphatic imine (C=N–C) groups is 2. The first kappa shape index (κ1) is 10.9. The molecule has 0 radical (unpaired) electrons. The second kappa shape index (κ2) is 4.22. The molecule has 4 nitrogen and oxygen atoms in total. The van der Waals surface area contributed by atoms with Crippen LogP contribution in [0.2, 0.25) is 0 Å². The van der Waals surface area contributed by atoms with Crippen LogP contribution < -0.4 is 0 Å². The van der Waals surface area contributed by atoms with Gasteiger partial charge in [-0.1, -0.05) is 18.2 Å². The summed E-state index contributed by atoms with van der Waals surface area (Å²) in [6.45, 7) is 2.58. The Morgan fingerprint density at radius 1 is 1.39 bits per heavy atom. The summed E-state index contributed by atoms with van der Waals surface area (Å²) in [5.41, 5.74) is 4.29. The van der Waals surface area contributed by atoms with Crippen molar-refractivity contribution < 1.29 is 9.53 Å². The molecule has 0 aromatic heterocycles. The molecule has 90 valence electrons. The van der Waals surface area contributed by atoms with Crippen molar-refractivity contribution in [3.63, 3.8) is 0 Å². The van der Waals surface area contributed by atoms with Crippen LogP contribution >= 0.6 is 0 Å². The van der Waals surface area contributed by atoms with E-state index in [1.165, 1.54) is 0 Å². The quantitative estimate of drug-likeness (QED) is 0.744. The second-order valence-corrected chi connectivity index (χ2v) is 4.06. The van der Waals surface area contributed by atoms with E-state index in [0.29, 0.717) is 18.9 Å². The number of ether oxygens (including phenoxy) is 1. The van der Waals surface area contributed by atoms with Gasteiger partial charge in [0.05, 0.1) is 24.6 Å². The summed E-state index contributed by atoms with van der Waals surface area (Å²) < 4.78 is 4.96. The van der Waals surface area contributed by atoms with Gasteiger partial charge in [0.25, 0.3) is 0 Å². The summed E-state index contributed by atoms with van der Waals surface area (Å²) in [5, 5.41) is 0. The van der Waals surface area contributed by atoms with Crippen LogP contribution in [-0.4, -0.2) is 30.5 Å². The van der Waals surface area contributed by atoms with Crippen molar-refractivity contribution >= 4 is 28.7 Å². The number of carbonyl (C=O) groups excluding carboxylic acids is 1. The molecule has 0 saturated heterocycles. The lowest BCUT2D eigenvalue weighted by atomic mass is 9.99. The molecule has 2 aliphatic rings. The zero-order valence-corrected chi connectivity index (χ0v) is 10.0. The molecular formula is C14H12N2O2. The average Bonchev–Trinajstić information content (AvgIpc) is 2.76. The number of carbonyl (C=O) groups is 1. The second-order valence-electron chi connectivity index (χ2n) is 4.06. The molecule has 1 aromatic carbocycles. The van der Waals surface area contributed by atoms with Gasteiger partial charge in [-0.25, -0.2) is 4.79 Å². The Hall–Kier alpha value is -2.23. The van der Waals surface area contributed by atoms with Gasteiger partial charge >= 0.3 is 5.97 Å². The predicted octanol–water partition coefficient (Wildman–Crippen LogP) is 2.17. The summed E-state index contributed by atoms with van der Waals surface area (Å²) in [5.74, 6) is -0.367. The Bertz CT molecular complexity index is 612. The molecule has 0 bridgehead atoms. The maximum Gasteiger partial charge on any atom is 0.356 e. The SMILES string of the molecule is CCOC(=O)C1=NCC2=Nc3ccccc3C2=C1. The zero-order valence-electron chi connectivity index (χ0n) is 10.0. The highest BCUT2D eigenvalue weighted by Crippen LogP contribution is 2.35. The van der Waals surface area contributed by atoms with E-state index in [1.54, 1.807) is 13.0 Å². The third-order valence-corrected chi connectivity index (χ3v) is 2.93. The highest BCUT2D eigenvalue weighted by molar-refractivity contribution is 6.48. The number of benzene rings is 1. The van der Waals surface area contributed by atoms with Crippen LogP contribution in [0.5, 0.6) is 0 Å². The number of dihydropyridines is 1. The van der Waals surface area contributed by atoms with Gasteiger partial charge in [0.15, 0.2) is 0 Å². The fraction of sp³-hybridized carbons (Fsp3) is 0.214. The van der Waals surface area contributed by atoms with E-state index in [0.717, 1.165) is 22.5 Å². The van der Waals surface area contributed by atoms with Crippen LogP contribution in [0.1, 0.15) is 12.5 Å². The van der Waals surface area contributed by atoms with Gasteiger partial charge in [-0.05, 0) is 19.1 Å². The molecule has 1 aromatic rings. The van der Waals surface area contributed by atoms with Crippen LogP contribution in [0.3, 0.4) is 0 Å². The topological polar surface area (TPSA) is 51.0 Å². The average molecular weight is 240 g/mol. The minimum absolute atomic E-state index is 0.360. The Kier molecular flexibility index (Phi) is 2.55. The Morgan fingerprint density at radius 3 is 3.06 bits per heavy atom. The molecule has 2 aliphatic heterocycles. The highest BCUT2D eigenvalue weighted by atomic mass is 16.5. The van der Waals surface area contributed by atoms with E-state index in [1.807, 2.05) is 24.3 Å². The molecular weight excluding hydrogens is 228 g/mol. The third kappa shape index (κ3) is 1.66. The standard InChI is InChI=1S/C14H12N2O2/c1-2-18-14(17)12-7-10-9-5-3-4-6-11(9)16-13(10)8-15-12/h3-7H,2,8H2,1H3. The van der Waals surface area contributed by atoms with Crippen molar-refractivity contribution in [3.8, 4) is 0 Å². The first-order chi connectivity index (χ1) is 8.79. The van der Waals surface area contributed by atoms with Gasteiger partial charge in [0.1, 0.15) is 5.71 Å². The van der Waals surface area contributed by atoms with Crippen molar-refractivity contribution in [1.82, 2.24) is 0 Å². The first-order valence-corrected chi connectivity index (χ1v) is 5.90. The Morgan fingerprint density at radius 2 is 2.22 bits per heavy atom. The van der Waals surface area contributed by atoms with Gasteiger partial charge in [0, 0.05) is 11.1 Å². The predicted molar refractivity (Wildman–Crippen MR) is 70.4 cm³/mol. The van der Waals surface area contributed by atoms with E-state index in [9.17, 15) is 4.79 Å². The molecule has 0 unspecified atom stereocenters.